The van der Waals surface area contributed by atoms with Gasteiger partial charge in [-0.3, -0.25) is 14.5 Å². The standard InChI is InChI=1S/C17H32N4O2.2ClH/c1-13-3-5-15(6-4-13)19-16(22)12-20-7-9-21(10-8-20)17(23)11-14(2)18;;/h13-15H,3-12,18H2,1-2H3,(H,19,22);2*1H. The summed E-state index contributed by atoms with van der Waals surface area (Å²) >= 11 is 0. The first kappa shape index (κ1) is 24.4. The highest BCUT2D eigenvalue weighted by atomic mass is 35.5. The predicted octanol–water partition coefficient (Wildman–Crippen LogP) is 1.41. The number of carbonyl (C=O) groups is 2. The highest BCUT2D eigenvalue weighted by Crippen LogP contribution is 2.23. The van der Waals surface area contributed by atoms with Crippen LogP contribution in [0.3, 0.4) is 0 Å². The van der Waals surface area contributed by atoms with Crippen LogP contribution >= 0.6 is 24.8 Å². The number of nitrogens with one attached hydrogen (secondary N) is 1. The SMILES string of the molecule is CC(N)CC(=O)N1CCN(CC(=O)NC2CCC(C)CC2)CC1.Cl.Cl. The van der Waals surface area contributed by atoms with Crippen molar-refractivity contribution in [3.05, 3.63) is 0 Å². The molecule has 1 atom stereocenters. The van der Waals surface area contributed by atoms with Crippen LogP contribution in [-0.2, 0) is 9.59 Å². The lowest BCUT2D eigenvalue weighted by molar-refractivity contribution is -0.133. The van der Waals surface area contributed by atoms with Crippen LogP contribution in [-0.4, -0.2) is 66.4 Å². The van der Waals surface area contributed by atoms with E-state index in [2.05, 4.69) is 17.1 Å². The first-order chi connectivity index (χ1) is 10.9. The highest BCUT2D eigenvalue weighted by molar-refractivity contribution is 5.85. The van der Waals surface area contributed by atoms with E-state index >= 15 is 0 Å². The summed E-state index contributed by atoms with van der Waals surface area (Å²) in [7, 11) is 0. The van der Waals surface area contributed by atoms with E-state index in [0.29, 0.717) is 32.1 Å². The third kappa shape index (κ3) is 8.58. The van der Waals surface area contributed by atoms with Gasteiger partial charge in [-0.1, -0.05) is 6.92 Å². The van der Waals surface area contributed by atoms with Gasteiger partial charge in [0.05, 0.1) is 6.54 Å². The molecule has 0 bridgehead atoms. The van der Waals surface area contributed by atoms with Crippen LogP contribution < -0.4 is 11.1 Å². The highest BCUT2D eigenvalue weighted by Gasteiger charge is 2.24. The van der Waals surface area contributed by atoms with Gasteiger partial charge in [0.2, 0.25) is 11.8 Å². The summed E-state index contributed by atoms with van der Waals surface area (Å²) in [6.07, 6.45) is 5.04. The summed E-state index contributed by atoms with van der Waals surface area (Å²) in [5.41, 5.74) is 5.68. The van der Waals surface area contributed by atoms with Crippen molar-refractivity contribution < 1.29 is 9.59 Å². The number of nitrogens with zero attached hydrogens (tertiary/aromatic N) is 2. The number of rotatable bonds is 5. The van der Waals surface area contributed by atoms with Crippen LogP contribution in [0.1, 0.15) is 46.0 Å². The Morgan fingerprint density at radius 2 is 1.64 bits per heavy atom. The van der Waals surface area contributed by atoms with E-state index in [-0.39, 0.29) is 42.7 Å². The van der Waals surface area contributed by atoms with E-state index < -0.39 is 0 Å². The normalized spacial score (nSPS) is 25.3. The van der Waals surface area contributed by atoms with E-state index in [4.69, 9.17) is 5.73 Å². The first-order valence-corrected chi connectivity index (χ1v) is 8.99. The zero-order chi connectivity index (χ0) is 16.8. The predicted molar refractivity (Wildman–Crippen MR) is 105 cm³/mol. The lowest BCUT2D eigenvalue weighted by Crippen LogP contribution is -2.52. The number of piperazine rings is 1. The van der Waals surface area contributed by atoms with Crippen molar-refractivity contribution >= 4 is 36.6 Å². The first-order valence-electron chi connectivity index (χ1n) is 8.99. The molecule has 1 unspecified atom stereocenters. The molecule has 0 aromatic carbocycles. The Bertz CT molecular complexity index is 407. The average Bonchev–Trinajstić information content (AvgIpc) is 2.49. The van der Waals surface area contributed by atoms with Crippen LogP contribution in [0.5, 0.6) is 0 Å². The number of hydrogen-bond acceptors (Lipinski definition) is 4. The van der Waals surface area contributed by atoms with Gasteiger partial charge in [0.25, 0.3) is 0 Å². The van der Waals surface area contributed by atoms with Crippen LogP contribution in [0, 0.1) is 5.92 Å². The zero-order valence-electron chi connectivity index (χ0n) is 15.4. The van der Waals surface area contributed by atoms with E-state index in [9.17, 15) is 9.59 Å². The number of nitrogens with two attached hydrogens (primary N) is 1. The van der Waals surface area contributed by atoms with Crippen molar-refractivity contribution in [2.24, 2.45) is 11.7 Å². The van der Waals surface area contributed by atoms with Crippen molar-refractivity contribution in [1.29, 1.82) is 0 Å². The molecule has 2 fully saturated rings. The van der Waals surface area contributed by atoms with Crippen LogP contribution in [0.25, 0.3) is 0 Å². The Morgan fingerprint density at radius 3 is 2.16 bits per heavy atom. The third-order valence-electron chi connectivity index (χ3n) is 4.97. The van der Waals surface area contributed by atoms with Crippen molar-refractivity contribution in [1.82, 2.24) is 15.1 Å². The van der Waals surface area contributed by atoms with Crippen molar-refractivity contribution in [3.8, 4) is 0 Å². The van der Waals surface area contributed by atoms with Crippen molar-refractivity contribution in [2.75, 3.05) is 32.7 Å². The lowest BCUT2D eigenvalue weighted by atomic mass is 9.87. The zero-order valence-corrected chi connectivity index (χ0v) is 17.0. The Morgan fingerprint density at radius 1 is 1.08 bits per heavy atom. The maximum Gasteiger partial charge on any atom is 0.234 e. The quantitative estimate of drug-likeness (QED) is 0.735. The van der Waals surface area contributed by atoms with Gasteiger partial charge in [-0.25, -0.2) is 0 Å². The number of hydrogen-bond donors (Lipinski definition) is 2. The molecule has 0 aromatic heterocycles. The van der Waals surface area contributed by atoms with Crippen molar-refractivity contribution in [2.45, 2.75) is 58.0 Å². The molecule has 8 heteroatoms. The molecule has 2 amide bonds. The van der Waals surface area contributed by atoms with Crippen molar-refractivity contribution in [3.63, 3.8) is 0 Å². The maximum absolute atomic E-state index is 12.2. The molecule has 2 rings (SSSR count). The molecule has 2 aliphatic rings. The van der Waals surface area contributed by atoms with Gasteiger partial charge < -0.3 is 16.0 Å². The Balaban J connectivity index is 0.00000288. The van der Waals surface area contributed by atoms with E-state index in [1.807, 2.05) is 11.8 Å². The second-order valence-electron chi connectivity index (χ2n) is 7.36. The van der Waals surface area contributed by atoms with Gasteiger partial charge in [-0.2, -0.15) is 0 Å². The Labute approximate surface area is 164 Å². The summed E-state index contributed by atoms with van der Waals surface area (Å²) in [6, 6.07) is 0.261. The van der Waals surface area contributed by atoms with Gasteiger partial charge in [0.15, 0.2) is 0 Å². The number of halogens is 2. The Hall–Kier alpha value is -0.560. The molecule has 1 heterocycles. The van der Waals surface area contributed by atoms with Gasteiger partial charge in [-0.05, 0) is 38.5 Å². The van der Waals surface area contributed by atoms with E-state index in [0.717, 1.165) is 31.8 Å². The molecule has 0 radical (unpaired) electrons. The molecule has 148 valence electrons. The second-order valence-corrected chi connectivity index (χ2v) is 7.36. The maximum atomic E-state index is 12.2. The second kappa shape index (κ2) is 11.9. The molecule has 0 spiro atoms. The third-order valence-corrected chi connectivity index (χ3v) is 4.97. The molecule has 25 heavy (non-hydrogen) atoms. The summed E-state index contributed by atoms with van der Waals surface area (Å²) in [5, 5.41) is 3.17. The number of amides is 2. The number of carbonyl (C=O) groups excluding carboxylic acids is 2. The fraction of sp³-hybridized carbons (Fsp3) is 0.882. The van der Waals surface area contributed by atoms with Crippen LogP contribution in [0.4, 0.5) is 0 Å². The molecule has 1 saturated carbocycles. The smallest absolute Gasteiger partial charge is 0.234 e. The minimum atomic E-state index is -0.0930. The molecule has 1 aliphatic carbocycles. The molecule has 3 N–H and O–H groups in total. The minimum Gasteiger partial charge on any atom is -0.352 e. The molecular formula is C17H34Cl2N4O2. The molecule has 1 saturated heterocycles. The van der Waals surface area contributed by atoms with Gasteiger partial charge >= 0.3 is 0 Å². The van der Waals surface area contributed by atoms with Crippen LogP contribution in [0.15, 0.2) is 0 Å². The largest absolute Gasteiger partial charge is 0.352 e. The van der Waals surface area contributed by atoms with Gasteiger partial charge in [0, 0.05) is 44.7 Å². The van der Waals surface area contributed by atoms with Crippen LogP contribution in [0.2, 0.25) is 0 Å². The fourth-order valence-corrected chi connectivity index (χ4v) is 3.44. The van der Waals surface area contributed by atoms with E-state index in [1.165, 1.54) is 12.8 Å². The summed E-state index contributed by atoms with van der Waals surface area (Å²) < 4.78 is 0. The van der Waals surface area contributed by atoms with E-state index in [1.54, 1.807) is 0 Å². The molecule has 0 aromatic rings. The Kier molecular flexibility index (Phi) is 11.7. The lowest BCUT2D eigenvalue weighted by Gasteiger charge is -2.35. The molecule has 6 nitrogen and oxygen atoms in total. The minimum absolute atomic E-state index is 0. The topological polar surface area (TPSA) is 78.7 Å². The molecular weight excluding hydrogens is 363 g/mol. The monoisotopic (exact) mass is 396 g/mol. The van der Waals surface area contributed by atoms with Gasteiger partial charge in [-0.15, -0.1) is 24.8 Å². The molecule has 1 aliphatic heterocycles. The summed E-state index contributed by atoms with van der Waals surface area (Å²) in [6.45, 7) is 7.50. The summed E-state index contributed by atoms with van der Waals surface area (Å²) in [5.74, 6) is 1.05. The fourth-order valence-electron chi connectivity index (χ4n) is 3.44. The average molecular weight is 397 g/mol. The summed E-state index contributed by atoms with van der Waals surface area (Å²) in [4.78, 5) is 28.1. The van der Waals surface area contributed by atoms with Gasteiger partial charge in [0.1, 0.15) is 0 Å².